The number of hydrogen-bond donors (Lipinski definition) is 0. The summed E-state index contributed by atoms with van der Waals surface area (Å²) in [4.78, 5) is 4.71. The molecule has 0 aliphatic rings. The molecule has 0 aliphatic carbocycles. The average Bonchev–Trinajstić information content (AvgIpc) is 2.75. The first-order valence-electron chi connectivity index (χ1n) is 6.31. The van der Waals surface area contributed by atoms with Crippen molar-refractivity contribution in [1.29, 1.82) is 0 Å². The molecule has 96 valence electrons. The van der Waals surface area contributed by atoms with Crippen molar-refractivity contribution in [2.24, 2.45) is 0 Å². The van der Waals surface area contributed by atoms with Gasteiger partial charge in [0.1, 0.15) is 5.65 Å². The first-order valence-corrected chi connectivity index (χ1v) is 7.10. The van der Waals surface area contributed by atoms with E-state index in [1.807, 2.05) is 6.20 Å². The molecule has 2 heterocycles. The van der Waals surface area contributed by atoms with Gasteiger partial charge in [-0.15, -0.1) is 0 Å². The number of benzene rings is 1. The number of halogens is 1. The molecule has 2 aromatic heterocycles. The van der Waals surface area contributed by atoms with E-state index in [4.69, 9.17) is 4.98 Å². The minimum atomic E-state index is 0.874. The van der Waals surface area contributed by atoms with E-state index in [-0.39, 0.29) is 0 Å². The van der Waals surface area contributed by atoms with Gasteiger partial charge < -0.3 is 4.40 Å². The number of hydrogen-bond acceptors (Lipinski definition) is 1. The maximum absolute atomic E-state index is 4.71. The zero-order valence-electron chi connectivity index (χ0n) is 11.0. The Kier molecular flexibility index (Phi) is 3.15. The maximum Gasteiger partial charge on any atom is 0.140 e. The standard InChI is InChI=1S/C16H15BrN2/c1-11-3-5-13(6-4-11)8-15-10-19-9-14(17)7-12(2)16(19)18-15/h3-7,9-10H,8H2,1-2H3. The van der Waals surface area contributed by atoms with Gasteiger partial charge in [-0.3, -0.25) is 0 Å². The van der Waals surface area contributed by atoms with Gasteiger partial charge in [-0.1, -0.05) is 29.8 Å². The van der Waals surface area contributed by atoms with Crippen LogP contribution in [0, 0.1) is 13.8 Å². The Hall–Kier alpha value is -1.61. The third-order valence-electron chi connectivity index (χ3n) is 3.26. The van der Waals surface area contributed by atoms with E-state index in [0.717, 1.165) is 22.2 Å². The maximum atomic E-state index is 4.71. The predicted octanol–water partition coefficient (Wildman–Crippen LogP) is 4.30. The van der Waals surface area contributed by atoms with E-state index in [0.29, 0.717) is 0 Å². The summed E-state index contributed by atoms with van der Waals surface area (Å²) in [5, 5.41) is 0. The van der Waals surface area contributed by atoms with Crippen molar-refractivity contribution in [2.75, 3.05) is 0 Å². The van der Waals surface area contributed by atoms with Gasteiger partial charge in [0.25, 0.3) is 0 Å². The van der Waals surface area contributed by atoms with E-state index in [1.54, 1.807) is 0 Å². The van der Waals surface area contributed by atoms with E-state index < -0.39 is 0 Å². The number of aromatic nitrogens is 2. The minimum absolute atomic E-state index is 0.874. The fourth-order valence-corrected chi connectivity index (χ4v) is 2.84. The molecule has 0 N–H and O–H groups in total. The van der Waals surface area contributed by atoms with Crippen LogP contribution < -0.4 is 0 Å². The van der Waals surface area contributed by atoms with E-state index in [2.05, 4.69) is 70.7 Å². The zero-order chi connectivity index (χ0) is 13.4. The number of imidazole rings is 1. The summed E-state index contributed by atoms with van der Waals surface area (Å²) in [6.45, 7) is 4.19. The lowest BCUT2D eigenvalue weighted by molar-refractivity contribution is 1.11. The van der Waals surface area contributed by atoms with E-state index in [1.165, 1.54) is 16.7 Å². The predicted molar refractivity (Wildman–Crippen MR) is 81.6 cm³/mol. The summed E-state index contributed by atoms with van der Waals surface area (Å²) in [5.74, 6) is 0. The summed E-state index contributed by atoms with van der Waals surface area (Å²) >= 11 is 3.52. The second-order valence-electron chi connectivity index (χ2n) is 4.97. The highest BCUT2D eigenvalue weighted by molar-refractivity contribution is 9.10. The van der Waals surface area contributed by atoms with E-state index >= 15 is 0 Å². The summed E-state index contributed by atoms with van der Waals surface area (Å²) in [6.07, 6.45) is 5.03. The molecule has 0 radical (unpaired) electrons. The molecule has 0 saturated heterocycles. The molecule has 3 aromatic rings. The van der Waals surface area contributed by atoms with Gasteiger partial charge >= 0.3 is 0 Å². The van der Waals surface area contributed by atoms with Crippen molar-refractivity contribution >= 4 is 21.6 Å². The minimum Gasteiger partial charge on any atom is -0.305 e. The van der Waals surface area contributed by atoms with Gasteiger partial charge in [-0.25, -0.2) is 4.98 Å². The lowest BCUT2D eigenvalue weighted by atomic mass is 10.1. The van der Waals surface area contributed by atoms with Crippen LogP contribution in [0.1, 0.15) is 22.4 Å². The van der Waals surface area contributed by atoms with Gasteiger partial charge in [-0.2, -0.15) is 0 Å². The topological polar surface area (TPSA) is 17.3 Å². The highest BCUT2D eigenvalue weighted by Crippen LogP contribution is 2.18. The Labute approximate surface area is 121 Å². The van der Waals surface area contributed by atoms with Crippen LogP contribution >= 0.6 is 15.9 Å². The van der Waals surface area contributed by atoms with E-state index in [9.17, 15) is 0 Å². The fourth-order valence-electron chi connectivity index (χ4n) is 2.28. The molecule has 0 atom stereocenters. The molecule has 0 unspecified atom stereocenters. The summed E-state index contributed by atoms with van der Waals surface area (Å²) < 4.78 is 3.17. The van der Waals surface area contributed by atoms with Crippen LogP contribution in [0.4, 0.5) is 0 Å². The van der Waals surface area contributed by atoms with Gasteiger partial charge in [-0.05, 0) is 47.0 Å². The molecule has 0 bridgehead atoms. The van der Waals surface area contributed by atoms with Crippen molar-refractivity contribution in [2.45, 2.75) is 20.3 Å². The van der Waals surface area contributed by atoms with Crippen molar-refractivity contribution in [3.63, 3.8) is 0 Å². The van der Waals surface area contributed by atoms with Crippen molar-refractivity contribution in [3.05, 3.63) is 69.6 Å². The SMILES string of the molecule is Cc1ccc(Cc2cn3cc(Br)cc(C)c3n2)cc1. The molecule has 0 fully saturated rings. The molecule has 3 rings (SSSR count). The van der Waals surface area contributed by atoms with Crippen LogP contribution in [0.2, 0.25) is 0 Å². The highest BCUT2D eigenvalue weighted by atomic mass is 79.9. The third-order valence-corrected chi connectivity index (χ3v) is 3.69. The molecular formula is C16H15BrN2. The summed E-state index contributed by atoms with van der Waals surface area (Å²) in [5.41, 5.74) is 5.91. The van der Waals surface area contributed by atoms with Crippen LogP contribution in [0.15, 0.2) is 47.2 Å². The molecule has 0 aliphatic heterocycles. The summed E-state index contributed by atoms with van der Waals surface area (Å²) in [7, 11) is 0. The largest absolute Gasteiger partial charge is 0.305 e. The summed E-state index contributed by atoms with van der Waals surface area (Å²) in [6, 6.07) is 10.7. The highest BCUT2D eigenvalue weighted by Gasteiger charge is 2.06. The first-order chi connectivity index (χ1) is 9.11. The third kappa shape index (κ3) is 2.56. The molecule has 3 heteroatoms. The van der Waals surface area contributed by atoms with Crippen LogP contribution in [0.3, 0.4) is 0 Å². The van der Waals surface area contributed by atoms with Crippen LogP contribution in [0.25, 0.3) is 5.65 Å². The number of pyridine rings is 1. The molecule has 1 aromatic carbocycles. The monoisotopic (exact) mass is 314 g/mol. The smallest absolute Gasteiger partial charge is 0.140 e. The average molecular weight is 315 g/mol. The second-order valence-corrected chi connectivity index (χ2v) is 5.88. The Bertz CT molecular complexity index is 726. The van der Waals surface area contributed by atoms with Crippen molar-refractivity contribution in [1.82, 2.24) is 9.38 Å². The number of nitrogens with zero attached hydrogens (tertiary/aromatic N) is 2. The first kappa shape index (κ1) is 12.4. The fraction of sp³-hybridized carbons (Fsp3) is 0.188. The second kappa shape index (κ2) is 4.82. The number of aryl methyl sites for hydroxylation is 2. The van der Waals surface area contributed by atoms with Crippen LogP contribution in [0.5, 0.6) is 0 Å². The molecule has 19 heavy (non-hydrogen) atoms. The molecule has 0 saturated carbocycles. The van der Waals surface area contributed by atoms with Gasteiger partial charge in [0.15, 0.2) is 0 Å². The molecule has 2 nitrogen and oxygen atoms in total. The molecule has 0 amide bonds. The Morgan fingerprint density at radius 2 is 1.84 bits per heavy atom. The van der Waals surface area contributed by atoms with Crippen molar-refractivity contribution < 1.29 is 0 Å². The van der Waals surface area contributed by atoms with Crippen LogP contribution in [-0.2, 0) is 6.42 Å². The van der Waals surface area contributed by atoms with Gasteiger partial charge in [0.2, 0.25) is 0 Å². The zero-order valence-corrected chi connectivity index (χ0v) is 12.6. The number of rotatable bonds is 2. The van der Waals surface area contributed by atoms with Gasteiger partial charge in [0.05, 0.1) is 5.69 Å². The Morgan fingerprint density at radius 3 is 2.58 bits per heavy atom. The van der Waals surface area contributed by atoms with Gasteiger partial charge in [0, 0.05) is 23.3 Å². The van der Waals surface area contributed by atoms with Crippen LogP contribution in [-0.4, -0.2) is 9.38 Å². The Balaban J connectivity index is 1.97. The molecule has 0 spiro atoms. The van der Waals surface area contributed by atoms with Crippen molar-refractivity contribution in [3.8, 4) is 0 Å². The normalized spacial score (nSPS) is 11.1. The lowest BCUT2D eigenvalue weighted by Crippen LogP contribution is -1.88. The quantitative estimate of drug-likeness (QED) is 0.689. The Morgan fingerprint density at radius 1 is 1.11 bits per heavy atom. The molecular weight excluding hydrogens is 300 g/mol. The lowest BCUT2D eigenvalue weighted by Gasteiger charge is -1.98. The number of fused-ring (bicyclic) bond motifs is 1.